The zero-order valence-electron chi connectivity index (χ0n) is 3.94. The van der Waals surface area contributed by atoms with Crippen LogP contribution in [0, 0.1) is 0 Å². The molecule has 0 aromatic carbocycles. The molecule has 0 heterocycles. The van der Waals surface area contributed by atoms with E-state index < -0.39 is 0 Å². The standard InChI is InChI=1S/C4H9OS/c1-2-3-5-4-6/h2-4H2,1H3. The van der Waals surface area contributed by atoms with Crippen LogP contribution in [0.15, 0.2) is 0 Å². The van der Waals surface area contributed by atoms with Gasteiger partial charge in [0.1, 0.15) is 5.94 Å². The topological polar surface area (TPSA) is 9.23 Å². The van der Waals surface area contributed by atoms with Crippen LogP contribution < -0.4 is 0 Å². The normalized spacial score (nSPS) is 9.00. The van der Waals surface area contributed by atoms with E-state index in [4.69, 9.17) is 4.74 Å². The van der Waals surface area contributed by atoms with Gasteiger partial charge >= 0.3 is 0 Å². The number of hydrogen-bond donors (Lipinski definition) is 0. The molecule has 0 amide bonds. The minimum Gasteiger partial charge on any atom is -0.370 e. The average Bonchev–Trinajstić information content (AvgIpc) is 1.61. The summed E-state index contributed by atoms with van der Waals surface area (Å²) in [5, 5.41) is 0. The highest BCUT2D eigenvalue weighted by Gasteiger charge is 1.73. The third kappa shape index (κ3) is 4.31. The lowest BCUT2D eigenvalue weighted by molar-refractivity contribution is 0.184. The third-order valence-corrected chi connectivity index (χ3v) is 0.598. The Kier molecular flexibility index (Phi) is 5.58. The Bertz CT molecular complexity index is 19.5. The SMILES string of the molecule is CCCOC[S]. The molecule has 0 rings (SSSR count). The fourth-order valence-corrected chi connectivity index (χ4v) is 0.321. The molecule has 0 unspecified atom stereocenters. The van der Waals surface area contributed by atoms with E-state index in [1.165, 1.54) is 0 Å². The smallest absolute Gasteiger partial charge is 0.102 e. The summed E-state index contributed by atoms with van der Waals surface area (Å²) in [5.41, 5.74) is 0. The maximum atomic E-state index is 4.80. The van der Waals surface area contributed by atoms with Gasteiger partial charge in [0, 0.05) is 6.61 Å². The van der Waals surface area contributed by atoms with E-state index in [2.05, 4.69) is 19.6 Å². The summed E-state index contributed by atoms with van der Waals surface area (Å²) in [6.45, 7) is 2.87. The van der Waals surface area contributed by atoms with Crippen molar-refractivity contribution in [2.45, 2.75) is 13.3 Å². The van der Waals surface area contributed by atoms with Crippen molar-refractivity contribution in [3.8, 4) is 0 Å². The van der Waals surface area contributed by atoms with Crippen molar-refractivity contribution in [3.63, 3.8) is 0 Å². The molecule has 0 aliphatic carbocycles. The minimum atomic E-state index is 0.438. The highest BCUT2D eigenvalue weighted by atomic mass is 32.1. The van der Waals surface area contributed by atoms with Gasteiger partial charge in [-0.2, -0.15) is 0 Å². The predicted octanol–water partition coefficient (Wildman–Crippen LogP) is 1.57. The Morgan fingerprint density at radius 3 is 2.50 bits per heavy atom. The largest absolute Gasteiger partial charge is 0.370 e. The first-order valence-corrected chi connectivity index (χ1v) is 2.65. The molecule has 0 saturated carbocycles. The monoisotopic (exact) mass is 105 g/mol. The first-order chi connectivity index (χ1) is 2.91. The van der Waals surface area contributed by atoms with Gasteiger partial charge in [-0.1, -0.05) is 19.6 Å². The number of ether oxygens (including phenoxy) is 1. The molecule has 0 saturated heterocycles. The van der Waals surface area contributed by atoms with E-state index in [0.717, 1.165) is 13.0 Å². The molecule has 0 N–H and O–H groups in total. The van der Waals surface area contributed by atoms with Crippen molar-refractivity contribution in [1.29, 1.82) is 0 Å². The second-order valence-electron chi connectivity index (χ2n) is 1.03. The van der Waals surface area contributed by atoms with Gasteiger partial charge in [-0.25, -0.2) is 0 Å². The van der Waals surface area contributed by atoms with Crippen LogP contribution in [0.2, 0.25) is 0 Å². The molecule has 0 aliphatic heterocycles. The highest BCUT2D eigenvalue weighted by Crippen LogP contribution is 1.79. The summed E-state index contributed by atoms with van der Waals surface area (Å²) in [6, 6.07) is 0. The van der Waals surface area contributed by atoms with Crippen LogP contribution in [-0.2, 0) is 4.74 Å². The van der Waals surface area contributed by atoms with Crippen LogP contribution in [0.25, 0.3) is 0 Å². The molecular formula is C4H9OS. The zero-order valence-corrected chi connectivity index (χ0v) is 4.75. The van der Waals surface area contributed by atoms with Crippen molar-refractivity contribution >= 4 is 12.6 Å². The van der Waals surface area contributed by atoms with Gasteiger partial charge in [0.15, 0.2) is 0 Å². The highest BCUT2D eigenvalue weighted by molar-refractivity contribution is 7.80. The number of rotatable bonds is 3. The van der Waals surface area contributed by atoms with Crippen molar-refractivity contribution in [3.05, 3.63) is 0 Å². The Morgan fingerprint density at radius 2 is 2.33 bits per heavy atom. The molecule has 1 nitrogen and oxygen atoms in total. The van der Waals surface area contributed by atoms with E-state index >= 15 is 0 Å². The Labute approximate surface area is 44.1 Å². The molecule has 2 heteroatoms. The first kappa shape index (κ1) is 6.31. The second kappa shape index (κ2) is 5.31. The second-order valence-corrected chi connectivity index (χ2v) is 1.26. The molecule has 0 spiro atoms. The summed E-state index contributed by atoms with van der Waals surface area (Å²) < 4.78 is 4.80. The summed E-state index contributed by atoms with van der Waals surface area (Å²) in [5.74, 6) is 0.438. The first-order valence-electron chi connectivity index (χ1n) is 2.07. The average molecular weight is 105 g/mol. The molecule has 1 radical (unpaired) electrons. The van der Waals surface area contributed by atoms with E-state index in [1.54, 1.807) is 0 Å². The molecule has 6 heavy (non-hydrogen) atoms. The minimum absolute atomic E-state index is 0.438. The predicted molar refractivity (Wildman–Crippen MR) is 28.7 cm³/mol. The van der Waals surface area contributed by atoms with Gasteiger partial charge < -0.3 is 4.74 Å². The summed E-state index contributed by atoms with van der Waals surface area (Å²) in [4.78, 5) is 0. The quantitative estimate of drug-likeness (QED) is 0.495. The fraction of sp³-hybridized carbons (Fsp3) is 1.00. The lowest BCUT2D eigenvalue weighted by Gasteiger charge is -1.90. The van der Waals surface area contributed by atoms with Gasteiger partial charge in [-0.3, -0.25) is 0 Å². The van der Waals surface area contributed by atoms with Gasteiger partial charge in [0.05, 0.1) is 0 Å². The van der Waals surface area contributed by atoms with Crippen LogP contribution >= 0.6 is 12.6 Å². The maximum absolute atomic E-state index is 4.80. The van der Waals surface area contributed by atoms with Gasteiger partial charge in [0.2, 0.25) is 0 Å². The molecule has 0 aromatic rings. The Morgan fingerprint density at radius 1 is 1.67 bits per heavy atom. The molecule has 0 atom stereocenters. The van der Waals surface area contributed by atoms with Crippen LogP contribution in [0.4, 0.5) is 0 Å². The maximum Gasteiger partial charge on any atom is 0.102 e. The van der Waals surface area contributed by atoms with E-state index in [-0.39, 0.29) is 0 Å². The molecule has 37 valence electrons. The van der Waals surface area contributed by atoms with Gasteiger partial charge in [-0.05, 0) is 6.42 Å². The van der Waals surface area contributed by atoms with Crippen molar-refractivity contribution in [2.24, 2.45) is 0 Å². The Balaban J connectivity index is 2.34. The van der Waals surface area contributed by atoms with Crippen LogP contribution in [0.1, 0.15) is 13.3 Å². The van der Waals surface area contributed by atoms with Crippen LogP contribution in [0.5, 0.6) is 0 Å². The molecule has 0 aliphatic rings. The lowest BCUT2D eigenvalue weighted by Crippen LogP contribution is -1.86. The van der Waals surface area contributed by atoms with Crippen molar-refractivity contribution in [2.75, 3.05) is 12.5 Å². The summed E-state index contributed by atoms with van der Waals surface area (Å²) >= 11 is 4.50. The summed E-state index contributed by atoms with van der Waals surface area (Å²) in [6.07, 6.45) is 1.07. The zero-order chi connectivity index (χ0) is 4.83. The van der Waals surface area contributed by atoms with E-state index in [9.17, 15) is 0 Å². The molecular weight excluding hydrogens is 96.1 g/mol. The lowest BCUT2D eigenvalue weighted by atomic mass is 10.5. The molecule has 0 bridgehead atoms. The van der Waals surface area contributed by atoms with Crippen molar-refractivity contribution in [1.82, 2.24) is 0 Å². The Hall–Kier alpha value is 0.310. The van der Waals surface area contributed by atoms with Crippen LogP contribution in [-0.4, -0.2) is 12.5 Å². The number of hydrogen-bond acceptors (Lipinski definition) is 1. The van der Waals surface area contributed by atoms with Crippen LogP contribution in [0.3, 0.4) is 0 Å². The van der Waals surface area contributed by atoms with Crippen molar-refractivity contribution < 1.29 is 4.74 Å². The molecule has 0 fully saturated rings. The third-order valence-electron chi connectivity index (χ3n) is 0.432. The van der Waals surface area contributed by atoms with Gasteiger partial charge in [0.25, 0.3) is 0 Å². The fourth-order valence-electron chi connectivity index (χ4n) is 0.203. The van der Waals surface area contributed by atoms with E-state index in [0.29, 0.717) is 5.94 Å². The summed E-state index contributed by atoms with van der Waals surface area (Å²) in [7, 11) is 0. The molecule has 0 aromatic heterocycles. The van der Waals surface area contributed by atoms with Gasteiger partial charge in [-0.15, -0.1) is 0 Å². The van der Waals surface area contributed by atoms with E-state index in [1.807, 2.05) is 0 Å².